The Morgan fingerprint density at radius 3 is 2.21 bits per heavy atom. The Bertz CT molecular complexity index is 817. The van der Waals surface area contributed by atoms with E-state index in [2.05, 4.69) is 5.32 Å². The van der Waals surface area contributed by atoms with E-state index >= 15 is 0 Å². The summed E-state index contributed by atoms with van der Waals surface area (Å²) in [6.07, 6.45) is 0. The minimum Gasteiger partial charge on any atom is -0.493 e. The van der Waals surface area contributed by atoms with Crippen molar-refractivity contribution in [3.8, 4) is 11.5 Å². The summed E-state index contributed by atoms with van der Waals surface area (Å²) in [7, 11) is 8.77. The standard InChI is InChI=1S/C21H27N3O4/c1-23(2)17-9-7-16(8-10-17)21(26)22-13-15-6-11-18(19(12-15)27-5)28-14-20(25)24(3)4/h6-12H,13-14H2,1-5H3,(H,22,26). The number of carbonyl (C=O) groups is 2. The molecule has 0 aliphatic carbocycles. The van der Waals surface area contributed by atoms with Crippen LogP contribution in [0.4, 0.5) is 5.69 Å². The average Bonchev–Trinajstić information content (AvgIpc) is 2.70. The maximum absolute atomic E-state index is 12.3. The summed E-state index contributed by atoms with van der Waals surface area (Å²) in [4.78, 5) is 27.4. The van der Waals surface area contributed by atoms with Gasteiger partial charge in [0.15, 0.2) is 18.1 Å². The van der Waals surface area contributed by atoms with Gasteiger partial charge in [-0.05, 0) is 42.0 Å². The molecule has 1 N–H and O–H groups in total. The number of likely N-dealkylation sites (N-methyl/N-ethyl adjacent to an activating group) is 1. The van der Waals surface area contributed by atoms with Crippen molar-refractivity contribution in [2.45, 2.75) is 6.54 Å². The van der Waals surface area contributed by atoms with Gasteiger partial charge < -0.3 is 24.6 Å². The number of nitrogens with one attached hydrogen (secondary N) is 1. The second-order valence-electron chi connectivity index (χ2n) is 6.69. The Labute approximate surface area is 165 Å². The molecule has 2 aromatic rings. The monoisotopic (exact) mass is 385 g/mol. The second-order valence-corrected chi connectivity index (χ2v) is 6.69. The number of carbonyl (C=O) groups excluding carboxylic acids is 2. The van der Waals surface area contributed by atoms with Gasteiger partial charge >= 0.3 is 0 Å². The number of rotatable bonds is 8. The Morgan fingerprint density at radius 1 is 0.964 bits per heavy atom. The van der Waals surface area contributed by atoms with Gasteiger partial charge in [-0.1, -0.05) is 6.07 Å². The molecule has 150 valence electrons. The lowest BCUT2D eigenvalue weighted by Crippen LogP contribution is -2.27. The highest BCUT2D eigenvalue weighted by atomic mass is 16.5. The Hall–Kier alpha value is -3.22. The van der Waals surface area contributed by atoms with Gasteiger partial charge in [0.05, 0.1) is 7.11 Å². The fraction of sp³-hybridized carbons (Fsp3) is 0.333. The molecule has 28 heavy (non-hydrogen) atoms. The number of nitrogens with zero attached hydrogens (tertiary/aromatic N) is 2. The van der Waals surface area contributed by atoms with Crippen LogP contribution in [0.5, 0.6) is 11.5 Å². The molecule has 0 bridgehead atoms. The summed E-state index contributed by atoms with van der Waals surface area (Å²) in [5, 5.41) is 2.89. The Morgan fingerprint density at radius 2 is 1.64 bits per heavy atom. The summed E-state index contributed by atoms with van der Waals surface area (Å²) < 4.78 is 10.9. The highest BCUT2D eigenvalue weighted by Gasteiger charge is 2.11. The van der Waals surface area contributed by atoms with Crippen molar-refractivity contribution in [1.29, 1.82) is 0 Å². The van der Waals surface area contributed by atoms with Crippen LogP contribution >= 0.6 is 0 Å². The van der Waals surface area contributed by atoms with E-state index in [4.69, 9.17) is 9.47 Å². The molecule has 0 saturated carbocycles. The van der Waals surface area contributed by atoms with Crippen LogP contribution in [0, 0.1) is 0 Å². The van der Waals surface area contributed by atoms with Crippen LogP contribution < -0.4 is 19.7 Å². The smallest absolute Gasteiger partial charge is 0.259 e. The van der Waals surface area contributed by atoms with Gasteiger partial charge in [0.25, 0.3) is 11.8 Å². The van der Waals surface area contributed by atoms with Gasteiger partial charge in [0.2, 0.25) is 0 Å². The average molecular weight is 385 g/mol. The normalized spacial score (nSPS) is 10.2. The number of benzene rings is 2. The summed E-state index contributed by atoms with van der Waals surface area (Å²) in [5.41, 5.74) is 2.49. The van der Waals surface area contributed by atoms with Crippen LogP contribution in [0.2, 0.25) is 0 Å². The summed E-state index contributed by atoms with van der Waals surface area (Å²) in [6, 6.07) is 12.7. The van der Waals surface area contributed by atoms with E-state index in [0.29, 0.717) is 23.6 Å². The molecule has 0 radical (unpaired) electrons. The minimum absolute atomic E-state index is 0.0671. The molecule has 0 aliphatic heterocycles. The third-order valence-electron chi connectivity index (χ3n) is 4.18. The summed E-state index contributed by atoms with van der Waals surface area (Å²) in [5.74, 6) is 0.695. The molecule has 0 fully saturated rings. The lowest BCUT2D eigenvalue weighted by atomic mass is 10.1. The van der Waals surface area contributed by atoms with Crippen molar-refractivity contribution >= 4 is 17.5 Å². The van der Waals surface area contributed by atoms with Crippen LogP contribution in [0.3, 0.4) is 0 Å². The first kappa shape index (κ1) is 21.1. The molecule has 7 nitrogen and oxygen atoms in total. The molecular formula is C21H27N3O4. The van der Waals surface area contributed by atoms with E-state index in [9.17, 15) is 9.59 Å². The molecule has 0 aromatic heterocycles. The van der Waals surface area contributed by atoms with Crippen LogP contribution in [-0.2, 0) is 11.3 Å². The zero-order valence-electron chi connectivity index (χ0n) is 17.0. The first-order valence-electron chi connectivity index (χ1n) is 8.87. The van der Waals surface area contributed by atoms with Crippen LogP contribution in [0.25, 0.3) is 0 Å². The summed E-state index contributed by atoms with van der Waals surface area (Å²) >= 11 is 0. The van der Waals surface area contributed by atoms with Crippen molar-refractivity contribution in [2.75, 3.05) is 46.8 Å². The highest BCUT2D eigenvalue weighted by molar-refractivity contribution is 5.94. The third kappa shape index (κ3) is 5.64. The second kappa shape index (κ2) is 9.64. The largest absolute Gasteiger partial charge is 0.493 e. The number of amides is 2. The fourth-order valence-corrected chi connectivity index (χ4v) is 2.41. The van der Waals surface area contributed by atoms with Gasteiger partial charge in [0.1, 0.15) is 0 Å². The van der Waals surface area contributed by atoms with Gasteiger partial charge in [0, 0.05) is 46.0 Å². The molecule has 0 atom stereocenters. The number of ether oxygens (including phenoxy) is 2. The molecular weight excluding hydrogens is 358 g/mol. The van der Waals surface area contributed by atoms with E-state index in [1.54, 1.807) is 38.4 Å². The van der Waals surface area contributed by atoms with E-state index in [-0.39, 0.29) is 18.4 Å². The number of anilines is 1. The highest BCUT2D eigenvalue weighted by Crippen LogP contribution is 2.28. The minimum atomic E-state index is -0.152. The van der Waals surface area contributed by atoms with Crippen LogP contribution in [0.1, 0.15) is 15.9 Å². The van der Waals surface area contributed by atoms with Crippen molar-refractivity contribution < 1.29 is 19.1 Å². The SMILES string of the molecule is COc1cc(CNC(=O)c2ccc(N(C)C)cc2)ccc1OCC(=O)N(C)C. The maximum atomic E-state index is 12.3. The van der Waals surface area contributed by atoms with Gasteiger partial charge in [-0.2, -0.15) is 0 Å². The first-order valence-corrected chi connectivity index (χ1v) is 8.87. The van der Waals surface area contributed by atoms with Gasteiger partial charge in [-0.15, -0.1) is 0 Å². The summed E-state index contributed by atoms with van der Waals surface area (Å²) in [6.45, 7) is 0.282. The van der Waals surface area contributed by atoms with E-state index in [1.165, 1.54) is 12.0 Å². The van der Waals surface area contributed by atoms with Crippen molar-refractivity contribution in [3.05, 3.63) is 53.6 Å². The quantitative estimate of drug-likeness (QED) is 0.754. The third-order valence-corrected chi connectivity index (χ3v) is 4.18. The van der Waals surface area contributed by atoms with E-state index in [1.807, 2.05) is 37.2 Å². The topological polar surface area (TPSA) is 71.1 Å². The van der Waals surface area contributed by atoms with Crippen molar-refractivity contribution in [2.24, 2.45) is 0 Å². The van der Waals surface area contributed by atoms with E-state index in [0.717, 1.165) is 11.3 Å². The zero-order valence-corrected chi connectivity index (χ0v) is 17.0. The van der Waals surface area contributed by atoms with Crippen LogP contribution in [0.15, 0.2) is 42.5 Å². The van der Waals surface area contributed by atoms with Crippen molar-refractivity contribution in [3.63, 3.8) is 0 Å². The van der Waals surface area contributed by atoms with E-state index < -0.39 is 0 Å². The Kier molecular flexibility index (Phi) is 7.26. The molecule has 7 heteroatoms. The molecule has 2 rings (SSSR count). The Balaban J connectivity index is 1.98. The lowest BCUT2D eigenvalue weighted by Gasteiger charge is -2.15. The number of methoxy groups -OCH3 is 1. The van der Waals surface area contributed by atoms with Crippen LogP contribution in [-0.4, -0.2) is 58.6 Å². The molecule has 0 saturated heterocycles. The molecule has 0 aliphatic rings. The predicted octanol–water partition coefficient (Wildman–Crippen LogP) is 2.16. The zero-order chi connectivity index (χ0) is 20.7. The molecule has 0 unspecified atom stereocenters. The predicted molar refractivity (Wildman–Crippen MR) is 109 cm³/mol. The maximum Gasteiger partial charge on any atom is 0.259 e. The fourth-order valence-electron chi connectivity index (χ4n) is 2.41. The molecule has 0 heterocycles. The molecule has 2 aromatic carbocycles. The molecule has 0 spiro atoms. The van der Waals surface area contributed by atoms with Crippen molar-refractivity contribution in [1.82, 2.24) is 10.2 Å². The number of hydrogen-bond acceptors (Lipinski definition) is 5. The lowest BCUT2D eigenvalue weighted by molar-refractivity contribution is -0.130. The molecule has 2 amide bonds. The van der Waals surface area contributed by atoms with Gasteiger partial charge in [-0.25, -0.2) is 0 Å². The van der Waals surface area contributed by atoms with Gasteiger partial charge in [-0.3, -0.25) is 9.59 Å². The first-order chi connectivity index (χ1) is 13.3. The number of hydrogen-bond donors (Lipinski definition) is 1.